The molecule has 0 saturated carbocycles. The first-order valence-electron chi connectivity index (χ1n) is 8.45. The van der Waals surface area contributed by atoms with Crippen LogP contribution in [-0.4, -0.2) is 74.1 Å². The van der Waals surface area contributed by atoms with Gasteiger partial charge >= 0.3 is 8.80 Å². The number of halogens is 1. The maximum Gasteiger partial charge on any atom is 0.501 e. The van der Waals surface area contributed by atoms with E-state index in [1.165, 1.54) is 0 Å². The molecule has 0 unspecified atom stereocenters. The minimum Gasteiger partial charge on any atom is -0.379 e. The lowest BCUT2D eigenvalue weighted by molar-refractivity contribution is 0.00346. The summed E-state index contributed by atoms with van der Waals surface area (Å²) in [5.74, 6) is 0.549. The van der Waals surface area contributed by atoms with Crippen LogP contribution in [-0.2, 0) is 27.5 Å². The molecule has 23 heavy (non-hydrogen) atoms. The number of ether oxygens (including phenoxy) is 3. The summed E-state index contributed by atoms with van der Waals surface area (Å²) in [5.41, 5.74) is 0. The molecule has 6 nitrogen and oxygen atoms in total. The largest absolute Gasteiger partial charge is 0.501 e. The molecule has 0 fully saturated rings. The molecule has 0 heterocycles. The fraction of sp³-hybridized carbons (Fsp3) is 1.00. The number of alkyl halides is 1. The molecule has 0 spiro atoms. The summed E-state index contributed by atoms with van der Waals surface area (Å²) in [6.45, 7) is 10.8. The van der Waals surface area contributed by atoms with E-state index in [2.05, 4.69) is 0 Å². The third-order valence-electron chi connectivity index (χ3n) is 2.88. The van der Waals surface area contributed by atoms with Gasteiger partial charge in [0.15, 0.2) is 0 Å². The Morgan fingerprint density at radius 1 is 0.652 bits per heavy atom. The number of rotatable bonds is 18. The molecular formula is C15H33ClO6Si. The summed E-state index contributed by atoms with van der Waals surface area (Å²) in [6, 6.07) is 0.681. The van der Waals surface area contributed by atoms with E-state index in [1.807, 2.05) is 20.8 Å². The van der Waals surface area contributed by atoms with Gasteiger partial charge in [0.2, 0.25) is 0 Å². The predicted molar refractivity (Wildman–Crippen MR) is 93.2 cm³/mol. The van der Waals surface area contributed by atoms with Crippen molar-refractivity contribution in [2.24, 2.45) is 0 Å². The van der Waals surface area contributed by atoms with Crippen LogP contribution in [0.15, 0.2) is 0 Å². The summed E-state index contributed by atoms with van der Waals surface area (Å²) in [6.07, 6.45) is 0.783. The molecular weight excluding hydrogens is 340 g/mol. The van der Waals surface area contributed by atoms with Gasteiger partial charge < -0.3 is 27.5 Å². The van der Waals surface area contributed by atoms with Crippen molar-refractivity contribution < 1.29 is 27.5 Å². The average Bonchev–Trinajstić information content (AvgIpc) is 2.57. The van der Waals surface area contributed by atoms with E-state index in [9.17, 15) is 0 Å². The number of hydrogen-bond donors (Lipinski definition) is 0. The normalized spacial score (nSPS) is 12.0. The molecule has 0 aliphatic rings. The Kier molecular flexibility index (Phi) is 17.3. The zero-order chi connectivity index (χ0) is 17.2. The van der Waals surface area contributed by atoms with Gasteiger partial charge in [-0.05, 0) is 27.2 Å². The topological polar surface area (TPSA) is 55.4 Å². The average molecular weight is 373 g/mol. The lowest BCUT2D eigenvalue weighted by atomic mass is 10.6. The second-order valence-electron chi connectivity index (χ2n) is 4.61. The molecule has 0 aliphatic carbocycles. The minimum atomic E-state index is -2.79. The highest BCUT2D eigenvalue weighted by molar-refractivity contribution is 6.60. The van der Waals surface area contributed by atoms with Crippen LogP contribution in [0.4, 0.5) is 0 Å². The van der Waals surface area contributed by atoms with Crippen molar-refractivity contribution in [1.82, 2.24) is 0 Å². The molecule has 0 aromatic rings. The van der Waals surface area contributed by atoms with Gasteiger partial charge in [-0.1, -0.05) is 0 Å². The maximum atomic E-state index is 5.99. The van der Waals surface area contributed by atoms with Crippen LogP contribution in [0.25, 0.3) is 0 Å². The summed E-state index contributed by atoms with van der Waals surface area (Å²) >= 11 is 5.84. The highest BCUT2D eigenvalue weighted by atomic mass is 35.5. The fourth-order valence-electron chi connectivity index (χ4n) is 1.83. The Hall–Kier alpha value is 0.267. The first-order chi connectivity index (χ1) is 11.2. The van der Waals surface area contributed by atoms with Crippen molar-refractivity contribution in [3.8, 4) is 0 Å². The first-order valence-corrected chi connectivity index (χ1v) is 10.9. The molecule has 8 heteroatoms. The third-order valence-corrected chi connectivity index (χ3v) is 6.04. The fourth-order valence-corrected chi connectivity index (χ4v) is 4.66. The Bertz CT molecular complexity index is 217. The van der Waals surface area contributed by atoms with E-state index in [4.69, 9.17) is 39.1 Å². The number of hydrogen-bond acceptors (Lipinski definition) is 6. The third kappa shape index (κ3) is 13.3. The Morgan fingerprint density at radius 3 is 1.35 bits per heavy atom. The van der Waals surface area contributed by atoms with Gasteiger partial charge in [0.05, 0.1) is 39.6 Å². The van der Waals surface area contributed by atoms with Gasteiger partial charge in [0.25, 0.3) is 0 Å². The van der Waals surface area contributed by atoms with Crippen LogP contribution in [0.3, 0.4) is 0 Å². The zero-order valence-corrected chi connectivity index (χ0v) is 16.6. The maximum absolute atomic E-state index is 5.99. The quantitative estimate of drug-likeness (QED) is 0.209. The van der Waals surface area contributed by atoms with Crippen LogP contribution in [0.1, 0.15) is 27.2 Å². The van der Waals surface area contributed by atoms with E-state index in [0.717, 1.165) is 6.42 Å². The summed E-state index contributed by atoms with van der Waals surface area (Å²) in [7, 11) is -2.79. The highest BCUT2D eigenvalue weighted by Gasteiger charge is 2.40. The summed E-state index contributed by atoms with van der Waals surface area (Å²) in [4.78, 5) is 0. The van der Waals surface area contributed by atoms with Crippen LogP contribution < -0.4 is 0 Å². The second-order valence-corrected chi connectivity index (χ2v) is 7.72. The van der Waals surface area contributed by atoms with Gasteiger partial charge in [0.1, 0.15) is 0 Å². The van der Waals surface area contributed by atoms with Gasteiger partial charge in [-0.25, -0.2) is 0 Å². The molecule has 0 radical (unpaired) electrons. The molecule has 0 aromatic carbocycles. The second kappa shape index (κ2) is 17.1. The van der Waals surface area contributed by atoms with Crippen molar-refractivity contribution in [1.29, 1.82) is 0 Å². The van der Waals surface area contributed by atoms with E-state index in [-0.39, 0.29) is 0 Å². The summed E-state index contributed by atoms with van der Waals surface area (Å²) < 4.78 is 34.0. The first kappa shape index (κ1) is 23.3. The lowest BCUT2D eigenvalue weighted by Gasteiger charge is -2.29. The van der Waals surface area contributed by atoms with Crippen molar-refractivity contribution in [3.63, 3.8) is 0 Å². The van der Waals surface area contributed by atoms with Gasteiger partial charge in [0, 0.05) is 31.7 Å². The lowest BCUT2D eigenvalue weighted by Crippen LogP contribution is -2.48. The molecule has 0 saturated heterocycles. The standard InChI is InChI=1S/C15H33ClO6Si/c1-4-17-9-12-20-23(15-7-8-16,21-13-10-18-5-2)22-14-11-19-6-3/h4-15H2,1-3H3. The van der Waals surface area contributed by atoms with Crippen molar-refractivity contribution in [2.75, 3.05) is 65.3 Å². The highest BCUT2D eigenvalue weighted by Crippen LogP contribution is 2.19. The predicted octanol–water partition coefficient (Wildman–Crippen LogP) is 2.71. The van der Waals surface area contributed by atoms with E-state index in [1.54, 1.807) is 0 Å². The Labute approximate surface area is 147 Å². The smallest absolute Gasteiger partial charge is 0.379 e. The molecule has 0 N–H and O–H groups in total. The van der Waals surface area contributed by atoms with Crippen molar-refractivity contribution in [3.05, 3.63) is 0 Å². The Balaban J connectivity index is 4.51. The van der Waals surface area contributed by atoms with Gasteiger partial charge in [-0.15, -0.1) is 11.6 Å². The van der Waals surface area contributed by atoms with Crippen LogP contribution in [0.5, 0.6) is 0 Å². The van der Waals surface area contributed by atoms with Crippen molar-refractivity contribution >= 4 is 20.4 Å². The monoisotopic (exact) mass is 372 g/mol. The minimum absolute atomic E-state index is 0.450. The molecule has 0 atom stereocenters. The van der Waals surface area contributed by atoms with Crippen LogP contribution >= 0.6 is 11.6 Å². The molecule has 140 valence electrons. The molecule has 0 aliphatic heterocycles. The van der Waals surface area contributed by atoms with Crippen LogP contribution in [0.2, 0.25) is 6.04 Å². The van der Waals surface area contributed by atoms with Crippen molar-refractivity contribution in [2.45, 2.75) is 33.2 Å². The van der Waals surface area contributed by atoms with E-state index < -0.39 is 8.80 Å². The molecule has 0 aromatic heterocycles. The van der Waals surface area contributed by atoms with E-state index in [0.29, 0.717) is 71.4 Å². The molecule has 0 bridgehead atoms. The van der Waals surface area contributed by atoms with Gasteiger partial charge in [-0.3, -0.25) is 0 Å². The Morgan fingerprint density at radius 2 is 1.04 bits per heavy atom. The zero-order valence-electron chi connectivity index (χ0n) is 14.8. The van der Waals surface area contributed by atoms with Gasteiger partial charge in [-0.2, -0.15) is 0 Å². The van der Waals surface area contributed by atoms with Crippen LogP contribution in [0, 0.1) is 0 Å². The van der Waals surface area contributed by atoms with E-state index >= 15 is 0 Å². The molecule has 0 amide bonds. The SMILES string of the molecule is CCOCCO[Si](CCCCl)(OCCOCC)OCCOCC. The molecule has 0 rings (SSSR count). The summed E-state index contributed by atoms with van der Waals surface area (Å²) in [5, 5.41) is 0.